The lowest BCUT2D eigenvalue weighted by Gasteiger charge is -2.15. The highest BCUT2D eigenvalue weighted by Crippen LogP contribution is 2.52. The molecule has 2 aromatic rings. The van der Waals surface area contributed by atoms with Crippen LogP contribution in [0.15, 0.2) is 18.2 Å². The van der Waals surface area contributed by atoms with Crippen molar-refractivity contribution in [2.45, 2.75) is 44.1 Å². The number of halogens is 1. The van der Waals surface area contributed by atoms with Gasteiger partial charge in [0.1, 0.15) is 16.8 Å². The summed E-state index contributed by atoms with van der Waals surface area (Å²) in [6, 6.07) is 5.35. The van der Waals surface area contributed by atoms with E-state index in [4.69, 9.17) is 4.74 Å². The maximum Gasteiger partial charge on any atom is 0.319 e. The third-order valence-electron chi connectivity index (χ3n) is 4.43. The zero-order chi connectivity index (χ0) is 14.6. The third kappa shape index (κ3) is 1.79. The molecule has 0 N–H and O–H groups in total. The van der Waals surface area contributed by atoms with E-state index in [1.54, 1.807) is 13.0 Å². The number of benzene rings is 1. The van der Waals surface area contributed by atoms with Gasteiger partial charge in [-0.3, -0.25) is 4.79 Å². The van der Waals surface area contributed by atoms with Crippen molar-refractivity contribution in [3.05, 3.63) is 29.8 Å². The van der Waals surface area contributed by atoms with Crippen molar-refractivity contribution in [1.82, 2.24) is 9.55 Å². The average Bonchev–Trinajstić information content (AvgIpc) is 3.38. The summed E-state index contributed by atoms with van der Waals surface area (Å²) in [6.07, 6.45) is 3.61. The van der Waals surface area contributed by atoms with Crippen LogP contribution in [0.1, 0.15) is 44.5 Å². The number of carbonyl (C=O) groups is 1. The molecule has 4 nitrogen and oxygen atoms in total. The molecule has 0 amide bonds. The lowest BCUT2D eigenvalue weighted by atomic mass is 10.1. The van der Waals surface area contributed by atoms with Crippen molar-refractivity contribution in [2.24, 2.45) is 0 Å². The zero-order valence-electron chi connectivity index (χ0n) is 11.9. The van der Waals surface area contributed by atoms with Crippen molar-refractivity contribution in [3.8, 4) is 0 Å². The fraction of sp³-hybridized carbons (Fsp3) is 0.500. The molecule has 21 heavy (non-hydrogen) atoms. The van der Waals surface area contributed by atoms with Crippen molar-refractivity contribution < 1.29 is 13.9 Å². The summed E-state index contributed by atoms with van der Waals surface area (Å²) in [4.78, 5) is 16.8. The summed E-state index contributed by atoms with van der Waals surface area (Å²) in [6.45, 7) is 2.16. The molecule has 2 fully saturated rings. The molecule has 0 saturated heterocycles. The van der Waals surface area contributed by atoms with Gasteiger partial charge in [0.2, 0.25) is 0 Å². The highest BCUT2D eigenvalue weighted by Gasteiger charge is 2.57. The van der Waals surface area contributed by atoms with Crippen molar-refractivity contribution >= 4 is 17.0 Å². The summed E-state index contributed by atoms with van der Waals surface area (Å²) in [5, 5.41) is 0. The maximum absolute atomic E-state index is 14.0. The molecular weight excluding hydrogens is 271 g/mol. The quantitative estimate of drug-likeness (QED) is 0.812. The van der Waals surface area contributed by atoms with Gasteiger partial charge in [0, 0.05) is 6.04 Å². The minimum atomic E-state index is -0.649. The fourth-order valence-corrected chi connectivity index (χ4v) is 3.04. The predicted molar refractivity (Wildman–Crippen MR) is 75.5 cm³/mol. The van der Waals surface area contributed by atoms with E-state index in [1.807, 2.05) is 6.07 Å². The monoisotopic (exact) mass is 288 g/mol. The van der Waals surface area contributed by atoms with Crippen LogP contribution in [0, 0.1) is 5.82 Å². The number of aromatic nitrogens is 2. The van der Waals surface area contributed by atoms with Crippen LogP contribution in [0.4, 0.5) is 4.39 Å². The summed E-state index contributed by atoms with van der Waals surface area (Å²) >= 11 is 0. The van der Waals surface area contributed by atoms with Crippen LogP contribution in [-0.2, 0) is 14.9 Å². The first kappa shape index (κ1) is 12.8. The minimum Gasteiger partial charge on any atom is -0.465 e. The number of carbonyl (C=O) groups excluding carboxylic acids is 1. The first-order chi connectivity index (χ1) is 10.2. The molecule has 2 saturated carbocycles. The van der Waals surface area contributed by atoms with Crippen LogP contribution < -0.4 is 0 Å². The van der Waals surface area contributed by atoms with Gasteiger partial charge in [-0.25, -0.2) is 9.37 Å². The van der Waals surface area contributed by atoms with E-state index in [2.05, 4.69) is 9.55 Å². The van der Waals surface area contributed by atoms with Gasteiger partial charge in [-0.15, -0.1) is 0 Å². The number of ether oxygens (including phenoxy) is 1. The number of nitrogens with zero attached hydrogens (tertiary/aromatic N) is 2. The second-order valence-electron chi connectivity index (χ2n) is 5.95. The summed E-state index contributed by atoms with van der Waals surface area (Å²) < 4.78 is 21.3. The number of imidazole rings is 1. The van der Waals surface area contributed by atoms with E-state index in [1.165, 1.54) is 6.07 Å². The Labute approximate surface area is 121 Å². The molecule has 1 aromatic heterocycles. The van der Waals surface area contributed by atoms with Crippen LogP contribution in [0.5, 0.6) is 0 Å². The SMILES string of the molecule is CCOC(=O)C1(c2nc3c(F)cccc3n2C2CC2)CC1. The molecule has 1 heterocycles. The summed E-state index contributed by atoms with van der Waals surface area (Å²) in [7, 11) is 0. The van der Waals surface area contributed by atoms with E-state index in [9.17, 15) is 9.18 Å². The molecule has 2 aliphatic rings. The molecule has 0 radical (unpaired) electrons. The number of hydrogen-bond donors (Lipinski definition) is 0. The molecule has 0 spiro atoms. The summed E-state index contributed by atoms with van der Waals surface area (Å²) in [5.41, 5.74) is 0.516. The van der Waals surface area contributed by atoms with E-state index in [0.29, 0.717) is 24.0 Å². The predicted octanol–water partition coefficient (Wildman–Crippen LogP) is 3.11. The van der Waals surface area contributed by atoms with Gasteiger partial charge >= 0.3 is 5.97 Å². The Kier molecular flexibility index (Phi) is 2.62. The lowest BCUT2D eigenvalue weighted by Crippen LogP contribution is -2.27. The molecular formula is C16H17FN2O2. The molecule has 1 aromatic carbocycles. The lowest BCUT2D eigenvalue weighted by molar-refractivity contribution is -0.146. The normalized spacial score (nSPS) is 19.7. The van der Waals surface area contributed by atoms with E-state index < -0.39 is 5.41 Å². The van der Waals surface area contributed by atoms with Crippen LogP contribution in [-0.4, -0.2) is 22.1 Å². The Bertz CT molecular complexity index is 729. The molecule has 5 heteroatoms. The second kappa shape index (κ2) is 4.29. The van der Waals surface area contributed by atoms with Gasteiger partial charge in [-0.2, -0.15) is 0 Å². The van der Waals surface area contributed by atoms with Crippen LogP contribution >= 0.6 is 0 Å². The largest absolute Gasteiger partial charge is 0.465 e. The highest BCUT2D eigenvalue weighted by molar-refractivity contribution is 5.88. The number of fused-ring (bicyclic) bond motifs is 1. The Morgan fingerprint density at radius 3 is 2.86 bits per heavy atom. The van der Waals surface area contributed by atoms with Crippen molar-refractivity contribution in [3.63, 3.8) is 0 Å². The standard InChI is InChI=1S/C16H17FN2O2/c1-2-21-15(20)16(8-9-16)14-18-13-11(17)4-3-5-12(13)19(14)10-6-7-10/h3-5,10H,2,6-9H2,1H3. The van der Waals surface area contributed by atoms with Gasteiger partial charge < -0.3 is 9.30 Å². The topological polar surface area (TPSA) is 44.1 Å². The van der Waals surface area contributed by atoms with Crippen LogP contribution in [0.2, 0.25) is 0 Å². The molecule has 110 valence electrons. The highest BCUT2D eigenvalue weighted by atomic mass is 19.1. The van der Waals surface area contributed by atoms with E-state index in [-0.39, 0.29) is 11.8 Å². The van der Waals surface area contributed by atoms with Gasteiger partial charge in [0.15, 0.2) is 5.82 Å². The van der Waals surface area contributed by atoms with Crippen LogP contribution in [0.25, 0.3) is 11.0 Å². The number of hydrogen-bond acceptors (Lipinski definition) is 3. The maximum atomic E-state index is 14.0. The third-order valence-corrected chi connectivity index (χ3v) is 4.43. The molecule has 2 aliphatic carbocycles. The summed E-state index contributed by atoms with van der Waals surface area (Å²) in [5.74, 6) is 0.152. The molecule has 0 bridgehead atoms. The zero-order valence-corrected chi connectivity index (χ0v) is 11.9. The molecule has 4 rings (SSSR count). The number of para-hydroxylation sites is 1. The Morgan fingerprint density at radius 2 is 2.24 bits per heavy atom. The van der Waals surface area contributed by atoms with Crippen molar-refractivity contribution in [1.29, 1.82) is 0 Å². The average molecular weight is 288 g/mol. The van der Waals surface area contributed by atoms with E-state index >= 15 is 0 Å². The smallest absolute Gasteiger partial charge is 0.319 e. The first-order valence-electron chi connectivity index (χ1n) is 7.51. The fourth-order valence-electron chi connectivity index (χ4n) is 3.04. The molecule has 0 aliphatic heterocycles. The Hall–Kier alpha value is -1.91. The Balaban J connectivity index is 1.91. The van der Waals surface area contributed by atoms with Gasteiger partial charge in [0.05, 0.1) is 12.1 Å². The second-order valence-corrected chi connectivity index (χ2v) is 5.95. The van der Waals surface area contributed by atoms with E-state index in [0.717, 1.165) is 31.2 Å². The van der Waals surface area contributed by atoms with Gasteiger partial charge in [0.25, 0.3) is 0 Å². The number of rotatable bonds is 4. The van der Waals surface area contributed by atoms with Gasteiger partial charge in [-0.05, 0) is 44.7 Å². The Morgan fingerprint density at radius 1 is 1.48 bits per heavy atom. The van der Waals surface area contributed by atoms with Crippen molar-refractivity contribution in [2.75, 3.05) is 6.61 Å². The van der Waals surface area contributed by atoms with Gasteiger partial charge in [-0.1, -0.05) is 6.07 Å². The van der Waals surface area contributed by atoms with Crippen LogP contribution in [0.3, 0.4) is 0 Å². The molecule has 0 atom stereocenters. The molecule has 0 unspecified atom stereocenters. The minimum absolute atomic E-state index is 0.220. The number of esters is 1. The first-order valence-corrected chi connectivity index (χ1v) is 7.51.